The number of amides is 2. The van der Waals surface area contributed by atoms with Gasteiger partial charge >= 0.3 is 18.2 Å². The number of halogens is 3. The van der Waals surface area contributed by atoms with E-state index in [0.29, 0.717) is 13.0 Å². The molecular weight excluding hydrogens is 459 g/mol. The maximum Gasteiger partial charge on any atom is 0.434 e. The van der Waals surface area contributed by atoms with E-state index in [1.165, 1.54) is 11.8 Å². The molecule has 3 heterocycles. The van der Waals surface area contributed by atoms with E-state index in [1.807, 2.05) is 23.6 Å². The normalized spacial score (nSPS) is 14.0. The van der Waals surface area contributed by atoms with Gasteiger partial charge in [-0.25, -0.2) is 14.6 Å². The van der Waals surface area contributed by atoms with Crippen molar-refractivity contribution in [3.63, 3.8) is 0 Å². The summed E-state index contributed by atoms with van der Waals surface area (Å²) >= 11 is 1.61. The highest BCUT2D eigenvalue weighted by Crippen LogP contribution is 2.34. The van der Waals surface area contributed by atoms with Crippen molar-refractivity contribution in [2.75, 3.05) is 44.2 Å². The molecule has 0 unspecified atom stereocenters. The fourth-order valence-electron chi connectivity index (χ4n) is 3.39. The average molecular weight is 482 g/mol. The van der Waals surface area contributed by atoms with Crippen LogP contribution in [0.15, 0.2) is 23.6 Å². The molecule has 2 amide bonds. The number of carbonyl (C=O) groups excluding carboxylic acids is 2. The molecule has 0 radical (unpaired) electrons. The standard InChI is InChI=1S/C21H22F3N5O3S/c1-2-32-19(30)16-12-14(13-25)18(27-17(16)21(22,23)24)28-7-9-29(10-8-28)20(31)26-6-5-15-4-3-11-33-15/h3-4,11-12H,2,5-10H2,1H3,(H,26,31). The number of hydrogen-bond acceptors (Lipinski definition) is 7. The van der Waals surface area contributed by atoms with Crippen LogP contribution in [0, 0.1) is 11.3 Å². The Kier molecular flexibility index (Phi) is 7.75. The molecule has 0 spiro atoms. The first-order valence-electron chi connectivity index (χ1n) is 10.2. The van der Waals surface area contributed by atoms with E-state index in [9.17, 15) is 28.0 Å². The van der Waals surface area contributed by atoms with Crippen LogP contribution in [-0.2, 0) is 17.3 Å². The number of ether oxygens (including phenoxy) is 1. The van der Waals surface area contributed by atoms with Crippen molar-refractivity contribution in [2.45, 2.75) is 19.5 Å². The maximum absolute atomic E-state index is 13.6. The molecule has 12 heteroatoms. The molecule has 2 aromatic rings. The molecule has 0 aromatic carbocycles. The SMILES string of the molecule is CCOC(=O)c1cc(C#N)c(N2CCN(C(=O)NCCc3cccs3)CC2)nc1C(F)(F)F. The van der Waals surface area contributed by atoms with Crippen molar-refractivity contribution in [3.8, 4) is 6.07 Å². The lowest BCUT2D eigenvalue weighted by molar-refractivity contribution is -0.141. The Hall–Kier alpha value is -3.33. The Morgan fingerprint density at radius 1 is 1.30 bits per heavy atom. The Morgan fingerprint density at radius 3 is 2.61 bits per heavy atom. The summed E-state index contributed by atoms with van der Waals surface area (Å²) in [5.74, 6) is -1.36. The predicted octanol–water partition coefficient (Wildman–Crippen LogP) is 3.28. The van der Waals surface area contributed by atoms with Gasteiger partial charge in [0, 0.05) is 37.6 Å². The van der Waals surface area contributed by atoms with E-state index >= 15 is 0 Å². The molecule has 1 N–H and O–H groups in total. The van der Waals surface area contributed by atoms with Gasteiger partial charge in [0.05, 0.1) is 17.7 Å². The summed E-state index contributed by atoms with van der Waals surface area (Å²) in [4.78, 5) is 32.3. The molecule has 1 aliphatic heterocycles. The Morgan fingerprint density at radius 2 is 2.03 bits per heavy atom. The van der Waals surface area contributed by atoms with E-state index in [0.717, 1.165) is 10.9 Å². The number of hydrogen-bond donors (Lipinski definition) is 1. The second kappa shape index (κ2) is 10.5. The number of thiophene rings is 1. The van der Waals surface area contributed by atoms with E-state index in [2.05, 4.69) is 10.3 Å². The highest BCUT2D eigenvalue weighted by Gasteiger charge is 2.39. The highest BCUT2D eigenvalue weighted by atomic mass is 32.1. The molecular formula is C21H22F3N5O3S. The second-order valence-corrected chi connectivity index (χ2v) is 8.15. The van der Waals surface area contributed by atoms with E-state index in [4.69, 9.17) is 4.74 Å². The number of anilines is 1. The zero-order valence-corrected chi connectivity index (χ0v) is 18.6. The Labute approximate surface area is 192 Å². The molecule has 1 aliphatic rings. The third-order valence-electron chi connectivity index (χ3n) is 4.98. The van der Waals surface area contributed by atoms with E-state index in [-0.39, 0.29) is 50.2 Å². The first-order chi connectivity index (χ1) is 15.7. The number of nitriles is 1. The Balaban J connectivity index is 1.70. The van der Waals surface area contributed by atoms with Crippen LogP contribution < -0.4 is 10.2 Å². The minimum Gasteiger partial charge on any atom is -0.462 e. The lowest BCUT2D eigenvalue weighted by atomic mass is 10.1. The van der Waals surface area contributed by atoms with Crippen LogP contribution in [0.25, 0.3) is 0 Å². The molecule has 33 heavy (non-hydrogen) atoms. The average Bonchev–Trinajstić information content (AvgIpc) is 3.31. The van der Waals surface area contributed by atoms with Gasteiger partial charge < -0.3 is 19.9 Å². The minimum absolute atomic E-state index is 0.114. The molecule has 0 saturated carbocycles. The number of nitrogens with one attached hydrogen (secondary N) is 1. The molecule has 0 aliphatic carbocycles. The van der Waals surface area contributed by atoms with Crippen molar-refractivity contribution in [1.29, 1.82) is 5.26 Å². The summed E-state index contributed by atoms with van der Waals surface area (Å²) in [5.41, 5.74) is -2.36. The van der Waals surface area contributed by atoms with Crippen LogP contribution in [0.5, 0.6) is 0 Å². The topological polar surface area (TPSA) is 98.6 Å². The lowest BCUT2D eigenvalue weighted by Gasteiger charge is -2.36. The van der Waals surface area contributed by atoms with Crippen LogP contribution in [0.4, 0.5) is 23.8 Å². The molecule has 1 saturated heterocycles. The summed E-state index contributed by atoms with van der Waals surface area (Å²) < 4.78 is 45.5. The van der Waals surface area contributed by atoms with Crippen molar-refractivity contribution >= 4 is 29.2 Å². The second-order valence-electron chi connectivity index (χ2n) is 7.12. The maximum atomic E-state index is 13.6. The first-order valence-corrected chi connectivity index (χ1v) is 11.1. The smallest absolute Gasteiger partial charge is 0.434 e. The largest absolute Gasteiger partial charge is 0.462 e. The first kappa shape index (κ1) is 24.3. The third-order valence-corrected chi connectivity index (χ3v) is 5.92. The zero-order valence-electron chi connectivity index (χ0n) is 17.8. The van der Waals surface area contributed by atoms with Gasteiger partial charge in [0.2, 0.25) is 0 Å². The van der Waals surface area contributed by atoms with Gasteiger partial charge in [0.1, 0.15) is 11.9 Å². The number of pyridine rings is 1. The van der Waals surface area contributed by atoms with Crippen LogP contribution in [0.1, 0.15) is 33.4 Å². The summed E-state index contributed by atoms with van der Waals surface area (Å²) in [5, 5.41) is 14.3. The predicted molar refractivity (Wildman–Crippen MR) is 115 cm³/mol. The van der Waals surface area contributed by atoms with E-state index in [1.54, 1.807) is 16.2 Å². The number of nitrogens with zero attached hydrogens (tertiary/aromatic N) is 4. The number of urea groups is 1. The molecule has 3 rings (SSSR count). The summed E-state index contributed by atoms with van der Waals surface area (Å²) in [6.45, 7) is 2.71. The number of rotatable bonds is 6. The number of esters is 1. The van der Waals surface area contributed by atoms with Crippen LogP contribution >= 0.6 is 11.3 Å². The van der Waals surface area contributed by atoms with Crippen LogP contribution in [0.3, 0.4) is 0 Å². The number of alkyl halides is 3. The lowest BCUT2D eigenvalue weighted by Crippen LogP contribution is -2.52. The van der Waals surface area contributed by atoms with Gasteiger partial charge in [-0.1, -0.05) is 6.07 Å². The van der Waals surface area contributed by atoms with Gasteiger partial charge in [-0.2, -0.15) is 18.4 Å². The molecule has 1 fully saturated rings. The van der Waals surface area contributed by atoms with Crippen molar-refractivity contribution in [1.82, 2.24) is 15.2 Å². The summed E-state index contributed by atoms with van der Waals surface area (Å²) in [7, 11) is 0. The fraction of sp³-hybridized carbons (Fsp3) is 0.429. The number of aromatic nitrogens is 1. The van der Waals surface area contributed by atoms with Gasteiger partial charge in [-0.15, -0.1) is 11.3 Å². The van der Waals surface area contributed by atoms with Crippen LogP contribution in [-0.4, -0.2) is 61.2 Å². The molecule has 8 nitrogen and oxygen atoms in total. The third kappa shape index (κ3) is 5.92. The Bertz CT molecular complexity index is 1030. The monoisotopic (exact) mass is 481 g/mol. The highest BCUT2D eigenvalue weighted by molar-refractivity contribution is 7.09. The summed E-state index contributed by atoms with van der Waals surface area (Å²) in [6, 6.07) is 6.35. The van der Waals surface area contributed by atoms with Crippen molar-refractivity contribution in [3.05, 3.63) is 45.3 Å². The fourth-order valence-corrected chi connectivity index (χ4v) is 4.10. The summed E-state index contributed by atoms with van der Waals surface area (Å²) in [6.07, 6.45) is -4.19. The van der Waals surface area contributed by atoms with Gasteiger partial charge in [0.15, 0.2) is 5.69 Å². The van der Waals surface area contributed by atoms with Gasteiger partial charge in [0.25, 0.3) is 0 Å². The molecule has 0 atom stereocenters. The number of piperazine rings is 1. The van der Waals surface area contributed by atoms with E-state index < -0.39 is 23.4 Å². The molecule has 0 bridgehead atoms. The van der Waals surface area contributed by atoms with Crippen molar-refractivity contribution in [2.24, 2.45) is 0 Å². The van der Waals surface area contributed by atoms with Crippen molar-refractivity contribution < 1.29 is 27.5 Å². The quantitative estimate of drug-likeness (QED) is 0.636. The minimum atomic E-state index is -4.91. The molecule has 176 valence electrons. The van der Waals surface area contributed by atoms with Crippen LogP contribution in [0.2, 0.25) is 0 Å². The van der Waals surface area contributed by atoms with Gasteiger partial charge in [-0.05, 0) is 30.9 Å². The number of carbonyl (C=O) groups is 2. The van der Waals surface area contributed by atoms with Gasteiger partial charge in [-0.3, -0.25) is 0 Å². The molecule has 2 aromatic heterocycles. The zero-order chi connectivity index (χ0) is 24.0.